The van der Waals surface area contributed by atoms with Crippen LogP contribution in [-0.2, 0) is 4.79 Å². The van der Waals surface area contributed by atoms with Crippen LogP contribution in [0.25, 0.3) is 11.3 Å². The van der Waals surface area contributed by atoms with Crippen LogP contribution < -0.4 is 15.8 Å². The molecule has 156 valence electrons. The number of benzene rings is 2. The summed E-state index contributed by atoms with van der Waals surface area (Å²) in [6, 6.07) is 16.7. The number of thiazole rings is 1. The number of hydrogen-bond acceptors (Lipinski definition) is 6. The van der Waals surface area contributed by atoms with E-state index in [-0.39, 0.29) is 11.7 Å². The molecule has 0 aliphatic rings. The highest BCUT2D eigenvalue weighted by atomic mass is 32.2. The molecule has 0 spiro atoms. The monoisotopic (exact) mass is 441 g/mol. The number of carbonyl (C=O) groups is 2. The van der Waals surface area contributed by atoms with Crippen LogP contribution in [0.15, 0.2) is 58.9 Å². The smallest absolute Gasteiger partial charge is 0.256 e. The molecule has 0 fully saturated rings. The summed E-state index contributed by atoms with van der Waals surface area (Å²) in [6.07, 6.45) is 2.06. The van der Waals surface area contributed by atoms with Crippen molar-refractivity contribution in [1.29, 1.82) is 0 Å². The van der Waals surface area contributed by atoms with Gasteiger partial charge in [-0.05, 0) is 30.7 Å². The van der Waals surface area contributed by atoms with Gasteiger partial charge in [0.15, 0.2) is 4.34 Å². The fourth-order valence-corrected chi connectivity index (χ4v) is 4.38. The van der Waals surface area contributed by atoms with Gasteiger partial charge < -0.3 is 15.8 Å². The first-order valence-corrected chi connectivity index (χ1v) is 11.4. The molecule has 30 heavy (non-hydrogen) atoms. The van der Waals surface area contributed by atoms with E-state index in [4.69, 9.17) is 10.5 Å². The zero-order valence-electron chi connectivity index (χ0n) is 16.6. The van der Waals surface area contributed by atoms with Gasteiger partial charge in [0.2, 0.25) is 5.91 Å². The molecule has 0 unspecified atom stereocenters. The molecule has 3 rings (SSSR count). The molecule has 0 bridgehead atoms. The average Bonchev–Trinajstić information content (AvgIpc) is 3.16. The molecule has 2 aromatic carbocycles. The third-order valence-electron chi connectivity index (χ3n) is 4.10. The van der Waals surface area contributed by atoms with E-state index in [0.29, 0.717) is 27.2 Å². The lowest BCUT2D eigenvalue weighted by atomic mass is 10.1. The molecular formula is C22H23N3O3S2. The number of ether oxygens (including phenoxy) is 1. The Morgan fingerprint density at radius 3 is 2.53 bits per heavy atom. The maximum atomic E-state index is 12.8. The van der Waals surface area contributed by atoms with E-state index in [2.05, 4.69) is 17.2 Å². The molecule has 8 heteroatoms. The second-order valence-electron chi connectivity index (χ2n) is 6.46. The van der Waals surface area contributed by atoms with Crippen molar-refractivity contribution in [2.45, 2.75) is 24.1 Å². The molecule has 3 aromatic rings. The number of rotatable bonds is 10. The van der Waals surface area contributed by atoms with E-state index < -0.39 is 5.91 Å². The van der Waals surface area contributed by atoms with Gasteiger partial charge in [0.1, 0.15) is 16.4 Å². The Bertz CT molecular complexity index is 989. The molecule has 6 nitrogen and oxygen atoms in total. The minimum atomic E-state index is -0.414. The normalized spacial score (nSPS) is 10.6. The summed E-state index contributed by atoms with van der Waals surface area (Å²) in [5.41, 5.74) is 7.32. The fraction of sp³-hybridized carbons (Fsp3) is 0.227. The number of carbonyl (C=O) groups excluding carboxylic acids is 2. The maximum absolute atomic E-state index is 12.8. The summed E-state index contributed by atoms with van der Waals surface area (Å²) >= 11 is 2.58. The van der Waals surface area contributed by atoms with Gasteiger partial charge >= 0.3 is 0 Å². The highest BCUT2D eigenvalue weighted by molar-refractivity contribution is 8.01. The highest BCUT2D eigenvalue weighted by Crippen LogP contribution is 2.37. The lowest BCUT2D eigenvalue weighted by Gasteiger charge is -2.08. The Hall–Kier alpha value is -2.84. The van der Waals surface area contributed by atoms with E-state index in [1.54, 1.807) is 24.3 Å². The van der Waals surface area contributed by atoms with Gasteiger partial charge in [-0.25, -0.2) is 4.98 Å². The van der Waals surface area contributed by atoms with Crippen molar-refractivity contribution in [1.82, 2.24) is 4.98 Å². The average molecular weight is 442 g/mol. The first-order valence-electron chi connectivity index (χ1n) is 9.58. The number of nitrogens with zero attached hydrogens (tertiary/aromatic N) is 1. The molecule has 2 amide bonds. The van der Waals surface area contributed by atoms with Gasteiger partial charge in [0.25, 0.3) is 5.91 Å². The van der Waals surface area contributed by atoms with Crippen molar-refractivity contribution < 1.29 is 14.3 Å². The Balaban J connectivity index is 1.77. The van der Waals surface area contributed by atoms with Crippen LogP contribution >= 0.6 is 23.1 Å². The zero-order valence-corrected chi connectivity index (χ0v) is 18.2. The number of amides is 2. The zero-order chi connectivity index (χ0) is 21.3. The van der Waals surface area contributed by atoms with Crippen LogP contribution in [0.5, 0.6) is 5.75 Å². The van der Waals surface area contributed by atoms with Crippen molar-refractivity contribution in [3.8, 4) is 17.0 Å². The number of thioether (sulfide) groups is 1. The first kappa shape index (κ1) is 21.9. The van der Waals surface area contributed by atoms with E-state index in [9.17, 15) is 9.59 Å². The van der Waals surface area contributed by atoms with Gasteiger partial charge in [-0.15, -0.1) is 0 Å². The second-order valence-corrected chi connectivity index (χ2v) is 8.68. The quantitative estimate of drug-likeness (QED) is 0.347. The molecule has 3 N–H and O–H groups in total. The van der Waals surface area contributed by atoms with E-state index in [1.807, 2.05) is 30.3 Å². The summed E-state index contributed by atoms with van der Waals surface area (Å²) in [4.78, 5) is 28.5. The molecule has 1 heterocycles. The van der Waals surface area contributed by atoms with Gasteiger partial charge in [0, 0.05) is 11.1 Å². The van der Waals surface area contributed by atoms with Crippen LogP contribution in [-0.4, -0.2) is 29.2 Å². The molecule has 0 atom stereocenters. The molecule has 0 radical (unpaired) electrons. The Labute approximate surface area is 183 Å². The lowest BCUT2D eigenvalue weighted by Crippen LogP contribution is -2.12. The number of nitrogens with two attached hydrogens (primary N) is 1. The predicted octanol–water partition coefficient (Wildman–Crippen LogP) is 4.82. The third-order valence-corrected chi connectivity index (χ3v) is 6.24. The Morgan fingerprint density at radius 1 is 1.13 bits per heavy atom. The van der Waals surface area contributed by atoms with Crippen LogP contribution in [0.1, 0.15) is 30.1 Å². The van der Waals surface area contributed by atoms with Gasteiger partial charge in [-0.1, -0.05) is 66.8 Å². The minimum Gasteiger partial charge on any atom is -0.494 e. The molecule has 0 saturated carbocycles. The highest BCUT2D eigenvalue weighted by Gasteiger charge is 2.17. The molecular weight excluding hydrogens is 418 g/mol. The molecule has 0 aliphatic carbocycles. The maximum Gasteiger partial charge on any atom is 0.256 e. The summed E-state index contributed by atoms with van der Waals surface area (Å²) in [6.45, 7) is 2.77. The van der Waals surface area contributed by atoms with Gasteiger partial charge in [-0.2, -0.15) is 0 Å². The topological polar surface area (TPSA) is 94.3 Å². The van der Waals surface area contributed by atoms with Crippen LogP contribution in [0.2, 0.25) is 0 Å². The number of aromatic nitrogens is 1. The predicted molar refractivity (Wildman–Crippen MR) is 122 cm³/mol. The first-order chi connectivity index (χ1) is 14.6. The summed E-state index contributed by atoms with van der Waals surface area (Å²) in [7, 11) is 0. The van der Waals surface area contributed by atoms with Crippen LogP contribution in [0, 0.1) is 0 Å². The van der Waals surface area contributed by atoms with Crippen molar-refractivity contribution in [2.75, 3.05) is 17.7 Å². The molecule has 0 aliphatic heterocycles. The number of primary amides is 1. The lowest BCUT2D eigenvalue weighted by molar-refractivity contribution is -0.115. The summed E-state index contributed by atoms with van der Waals surface area (Å²) in [5.74, 6) is 0.229. The van der Waals surface area contributed by atoms with E-state index >= 15 is 0 Å². The summed E-state index contributed by atoms with van der Waals surface area (Å²) < 4.78 is 6.31. The Kier molecular flexibility index (Phi) is 7.87. The number of nitrogens with one attached hydrogen (secondary N) is 1. The van der Waals surface area contributed by atoms with E-state index in [1.165, 1.54) is 23.1 Å². The van der Waals surface area contributed by atoms with Crippen molar-refractivity contribution in [2.24, 2.45) is 5.73 Å². The largest absolute Gasteiger partial charge is 0.494 e. The second kappa shape index (κ2) is 10.8. The van der Waals surface area contributed by atoms with Crippen LogP contribution in [0.3, 0.4) is 0 Å². The Morgan fingerprint density at radius 2 is 1.87 bits per heavy atom. The van der Waals surface area contributed by atoms with E-state index in [0.717, 1.165) is 24.2 Å². The standard InChI is InChI=1S/C22H23N3O3S2/c1-2-3-13-28-17-11-9-16(10-12-17)20(27)25-21-19(15-7-5-4-6-8-15)24-22(30-21)29-14-18(23)26/h4-12H,2-3,13-14H2,1H3,(H2,23,26)(H,25,27). The molecule has 1 aromatic heterocycles. The third kappa shape index (κ3) is 6.08. The minimum absolute atomic E-state index is 0.134. The van der Waals surface area contributed by atoms with Crippen molar-refractivity contribution in [3.05, 3.63) is 60.2 Å². The number of unbranched alkanes of at least 4 members (excludes halogenated alkanes) is 1. The number of anilines is 1. The van der Waals surface area contributed by atoms with Gasteiger partial charge in [-0.3, -0.25) is 9.59 Å². The summed E-state index contributed by atoms with van der Waals surface area (Å²) in [5, 5.41) is 3.58. The van der Waals surface area contributed by atoms with Crippen molar-refractivity contribution in [3.63, 3.8) is 0 Å². The molecule has 0 saturated heterocycles. The van der Waals surface area contributed by atoms with Gasteiger partial charge in [0.05, 0.1) is 12.4 Å². The SMILES string of the molecule is CCCCOc1ccc(C(=O)Nc2sc(SCC(N)=O)nc2-c2ccccc2)cc1. The van der Waals surface area contributed by atoms with Crippen molar-refractivity contribution >= 4 is 39.9 Å². The number of hydrogen-bond donors (Lipinski definition) is 2. The van der Waals surface area contributed by atoms with Crippen LogP contribution in [0.4, 0.5) is 5.00 Å². The fourth-order valence-electron chi connectivity index (χ4n) is 2.58.